The van der Waals surface area contributed by atoms with E-state index >= 15 is 0 Å². The molecule has 0 aliphatic carbocycles. The number of hydrogen-bond acceptors (Lipinski definition) is 7. The van der Waals surface area contributed by atoms with E-state index in [2.05, 4.69) is 10.6 Å². The van der Waals surface area contributed by atoms with E-state index in [0.29, 0.717) is 12.8 Å². The maximum Gasteiger partial charge on any atom is 0.328 e. The van der Waals surface area contributed by atoms with Crippen LogP contribution < -0.4 is 10.6 Å². The largest absolute Gasteiger partial charge is 0.463 e. The third-order valence-electron chi connectivity index (χ3n) is 3.06. The summed E-state index contributed by atoms with van der Waals surface area (Å²) in [5.74, 6) is -1.49. The number of amides is 1. The topological polar surface area (TPSA) is 118 Å². The van der Waals surface area contributed by atoms with Crippen LogP contribution in [0.25, 0.3) is 0 Å². The number of carbonyl (C=O) groups excluding carboxylic acids is 3. The van der Waals surface area contributed by atoms with Crippen LogP contribution in [0.3, 0.4) is 0 Å². The standard InChI is InChI=1S/C15H27N3O5/c1-10(2)17-7-8-23-15(21)13(6-5-12(19)9-16)18-14(20)11(3)22-4/h9-11,13,16-17H,5-8H2,1-4H3,(H,18,20)/t11-,13-/m0/s1. The first kappa shape index (κ1) is 21.2. The zero-order chi connectivity index (χ0) is 17.8. The molecule has 2 atom stereocenters. The molecule has 132 valence electrons. The van der Waals surface area contributed by atoms with Crippen LogP contribution in [0.5, 0.6) is 0 Å². The Balaban J connectivity index is 4.55. The van der Waals surface area contributed by atoms with Crippen LogP contribution in [0.4, 0.5) is 0 Å². The first-order valence-corrected chi connectivity index (χ1v) is 7.58. The number of nitrogens with one attached hydrogen (secondary N) is 3. The van der Waals surface area contributed by atoms with E-state index in [9.17, 15) is 14.4 Å². The zero-order valence-electron chi connectivity index (χ0n) is 14.2. The fraction of sp³-hybridized carbons (Fsp3) is 0.733. The van der Waals surface area contributed by atoms with Gasteiger partial charge in [-0.05, 0) is 13.3 Å². The summed E-state index contributed by atoms with van der Waals surface area (Å²) in [6, 6.07) is -0.667. The predicted octanol–water partition coefficient (Wildman–Crippen LogP) is 0.0462. The van der Waals surface area contributed by atoms with E-state index in [0.717, 1.165) is 0 Å². The van der Waals surface area contributed by atoms with Crippen molar-refractivity contribution in [2.75, 3.05) is 20.3 Å². The lowest BCUT2D eigenvalue weighted by Crippen LogP contribution is -2.46. The second-order valence-electron chi connectivity index (χ2n) is 5.36. The molecule has 3 N–H and O–H groups in total. The minimum atomic E-state index is -0.942. The van der Waals surface area contributed by atoms with Crippen LogP contribution in [0.15, 0.2) is 0 Å². The van der Waals surface area contributed by atoms with Crippen LogP contribution >= 0.6 is 0 Å². The molecule has 8 nitrogen and oxygen atoms in total. The third kappa shape index (κ3) is 9.75. The number of esters is 1. The Hall–Kier alpha value is -1.80. The molecule has 0 radical (unpaired) electrons. The van der Waals surface area contributed by atoms with Crippen molar-refractivity contribution in [3.05, 3.63) is 0 Å². The Morgan fingerprint density at radius 2 is 1.87 bits per heavy atom. The predicted molar refractivity (Wildman–Crippen MR) is 85.5 cm³/mol. The van der Waals surface area contributed by atoms with Crippen molar-refractivity contribution in [3.63, 3.8) is 0 Å². The van der Waals surface area contributed by atoms with Gasteiger partial charge in [-0.1, -0.05) is 13.8 Å². The first-order valence-electron chi connectivity index (χ1n) is 7.58. The fourth-order valence-electron chi connectivity index (χ4n) is 1.60. The number of methoxy groups -OCH3 is 1. The van der Waals surface area contributed by atoms with Gasteiger partial charge in [-0.25, -0.2) is 4.79 Å². The first-order chi connectivity index (χ1) is 10.8. The molecule has 1 amide bonds. The van der Waals surface area contributed by atoms with Crippen molar-refractivity contribution in [2.45, 2.75) is 51.8 Å². The van der Waals surface area contributed by atoms with Crippen molar-refractivity contribution in [3.8, 4) is 0 Å². The highest BCUT2D eigenvalue weighted by Gasteiger charge is 2.25. The Morgan fingerprint density at radius 3 is 2.39 bits per heavy atom. The second kappa shape index (κ2) is 11.7. The molecular formula is C15H27N3O5. The molecule has 0 heterocycles. The maximum atomic E-state index is 12.1. The van der Waals surface area contributed by atoms with E-state index in [-0.39, 0.29) is 25.5 Å². The highest BCUT2D eigenvalue weighted by Crippen LogP contribution is 2.02. The fourth-order valence-corrected chi connectivity index (χ4v) is 1.60. The number of ether oxygens (including phenoxy) is 2. The Bertz CT molecular complexity index is 412. The van der Waals surface area contributed by atoms with Crippen LogP contribution in [-0.2, 0) is 23.9 Å². The SMILES string of the molecule is CO[C@@H](C)C(=O)N[C@@H](CCC(=O)C=N)C(=O)OCCNC(C)C. The van der Waals surface area contributed by atoms with Gasteiger partial charge < -0.3 is 25.5 Å². The van der Waals surface area contributed by atoms with E-state index in [1.807, 2.05) is 13.8 Å². The van der Waals surface area contributed by atoms with Gasteiger partial charge in [0, 0.05) is 26.1 Å². The molecule has 8 heteroatoms. The molecule has 0 aromatic carbocycles. The monoisotopic (exact) mass is 329 g/mol. The second-order valence-corrected chi connectivity index (χ2v) is 5.36. The van der Waals surface area contributed by atoms with Crippen LogP contribution in [-0.4, -0.2) is 62.3 Å². The molecule has 0 aromatic rings. The molecule has 0 unspecified atom stereocenters. The molecule has 0 rings (SSSR count). The lowest BCUT2D eigenvalue weighted by atomic mass is 10.1. The minimum Gasteiger partial charge on any atom is -0.463 e. The van der Waals surface area contributed by atoms with Crippen LogP contribution in [0, 0.1) is 5.41 Å². The summed E-state index contributed by atoms with van der Waals surface area (Å²) in [6.07, 6.45) is 0.0302. The minimum absolute atomic E-state index is 0.0187. The van der Waals surface area contributed by atoms with Gasteiger partial charge in [0.15, 0.2) is 5.78 Å². The third-order valence-corrected chi connectivity index (χ3v) is 3.06. The van der Waals surface area contributed by atoms with Crippen LogP contribution in [0.1, 0.15) is 33.6 Å². The van der Waals surface area contributed by atoms with Gasteiger partial charge >= 0.3 is 5.97 Å². The van der Waals surface area contributed by atoms with E-state index in [1.54, 1.807) is 6.92 Å². The molecule has 0 fully saturated rings. The Morgan fingerprint density at radius 1 is 1.22 bits per heavy atom. The number of carbonyl (C=O) groups is 3. The average molecular weight is 329 g/mol. The van der Waals surface area contributed by atoms with Crippen molar-refractivity contribution < 1.29 is 23.9 Å². The highest BCUT2D eigenvalue weighted by molar-refractivity contribution is 6.26. The van der Waals surface area contributed by atoms with Gasteiger partial charge in [0.05, 0.1) is 6.21 Å². The summed E-state index contributed by atoms with van der Waals surface area (Å²) in [4.78, 5) is 35.1. The quantitative estimate of drug-likeness (QED) is 0.264. The summed E-state index contributed by atoms with van der Waals surface area (Å²) in [5, 5.41) is 12.5. The van der Waals surface area contributed by atoms with Gasteiger partial charge in [-0.2, -0.15) is 0 Å². The summed E-state index contributed by atoms with van der Waals surface area (Å²) < 4.78 is 10.00. The summed E-state index contributed by atoms with van der Waals surface area (Å²) in [5.41, 5.74) is 0. The zero-order valence-corrected chi connectivity index (χ0v) is 14.2. The molecule has 0 saturated heterocycles. The molecule has 0 aliphatic heterocycles. The highest BCUT2D eigenvalue weighted by atomic mass is 16.5. The molecular weight excluding hydrogens is 302 g/mol. The van der Waals surface area contributed by atoms with Gasteiger partial charge in [0.2, 0.25) is 5.91 Å². The number of hydrogen-bond donors (Lipinski definition) is 3. The lowest BCUT2D eigenvalue weighted by molar-refractivity contribution is -0.149. The molecule has 23 heavy (non-hydrogen) atoms. The van der Waals surface area contributed by atoms with Crippen molar-refractivity contribution >= 4 is 23.9 Å². The van der Waals surface area contributed by atoms with Gasteiger partial charge in [0.1, 0.15) is 18.8 Å². The molecule has 0 bridgehead atoms. The number of rotatable bonds is 12. The molecule has 0 aliphatic rings. The van der Waals surface area contributed by atoms with E-state index < -0.39 is 29.8 Å². The van der Waals surface area contributed by atoms with E-state index in [4.69, 9.17) is 14.9 Å². The molecule has 0 spiro atoms. The summed E-state index contributed by atoms with van der Waals surface area (Å²) in [6.45, 7) is 6.16. The van der Waals surface area contributed by atoms with Gasteiger partial charge in [0.25, 0.3) is 0 Å². The van der Waals surface area contributed by atoms with Crippen molar-refractivity contribution in [1.82, 2.24) is 10.6 Å². The Labute approximate surface area is 136 Å². The van der Waals surface area contributed by atoms with Gasteiger partial charge in [-0.15, -0.1) is 0 Å². The van der Waals surface area contributed by atoms with Crippen LogP contribution in [0.2, 0.25) is 0 Å². The Kier molecular flexibility index (Phi) is 10.8. The maximum absolute atomic E-state index is 12.1. The lowest BCUT2D eigenvalue weighted by Gasteiger charge is -2.19. The van der Waals surface area contributed by atoms with E-state index in [1.165, 1.54) is 7.11 Å². The smallest absolute Gasteiger partial charge is 0.328 e. The van der Waals surface area contributed by atoms with Crippen molar-refractivity contribution in [1.29, 1.82) is 5.41 Å². The number of Topliss-reactive ketones (excluding diaryl/α,β-unsaturated/α-hetero) is 1. The number of ketones is 1. The molecule has 0 aromatic heterocycles. The normalized spacial score (nSPS) is 13.3. The average Bonchev–Trinajstić information content (AvgIpc) is 2.53. The summed E-state index contributed by atoms with van der Waals surface area (Å²) >= 11 is 0. The van der Waals surface area contributed by atoms with Gasteiger partial charge in [-0.3, -0.25) is 9.59 Å². The summed E-state index contributed by atoms with van der Waals surface area (Å²) in [7, 11) is 1.38. The van der Waals surface area contributed by atoms with Crippen molar-refractivity contribution in [2.24, 2.45) is 0 Å². The molecule has 0 saturated carbocycles.